The molecule has 0 N–H and O–H groups in total. The quantitative estimate of drug-likeness (QED) is 0.801. The molecule has 3 rings (SSSR count). The van der Waals surface area contributed by atoms with Crippen molar-refractivity contribution in [3.8, 4) is 0 Å². The summed E-state index contributed by atoms with van der Waals surface area (Å²) in [5, 5.41) is 0. The van der Waals surface area contributed by atoms with Crippen molar-refractivity contribution in [2.24, 2.45) is 11.8 Å². The van der Waals surface area contributed by atoms with Gasteiger partial charge in [-0.1, -0.05) is 46.3 Å². The Morgan fingerprint density at radius 3 is 2.71 bits per heavy atom. The summed E-state index contributed by atoms with van der Waals surface area (Å²) < 4.78 is 5.93. The van der Waals surface area contributed by atoms with Gasteiger partial charge in [0.25, 0.3) is 0 Å². The van der Waals surface area contributed by atoms with Gasteiger partial charge in [0.1, 0.15) is 5.78 Å². The maximum absolute atomic E-state index is 11.4. The van der Waals surface area contributed by atoms with E-state index in [4.69, 9.17) is 4.74 Å². The molecule has 1 aromatic carbocycles. The van der Waals surface area contributed by atoms with Gasteiger partial charge in [0.2, 0.25) is 0 Å². The largest absolute Gasteiger partial charge is 0.372 e. The Bertz CT molecular complexity index is 417. The maximum atomic E-state index is 11.4. The molecular formula is C14H15BrO2. The number of rotatable bonds is 3. The van der Waals surface area contributed by atoms with Gasteiger partial charge >= 0.3 is 0 Å². The van der Waals surface area contributed by atoms with E-state index in [0.29, 0.717) is 23.1 Å². The molecule has 0 amide bonds. The van der Waals surface area contributed by atoms with E-state index in [9.17, 15) is 4.79 Å². The van der Waals surface area contributed by atoms with Crippen molar-refractivity contribution < 1.29 is 9.53 Å². The standard InChI is InChI=1S/C14H15BrO2/c15-14-11-6-12(16)10(11)7-13(14)17-8-9-4-2-1-3-5-9/h1-5,10-11,13-14H,6-8H2/t10-,11-,13+,14+/m1/s1. The van der Waals surface area contributed by atoms with Crippen LogP contribution in [0.15, 0.2) is 30.3 Å². The fourth-order valence-corrected chi connectivity index (χ4v) is 3.76. The van der Waals surface area contributed by atoms with Gasteiger partial charge in [-0.25, -0.2) is 0 Å². The first-order chi connectivity index (χ1) is 8.25. The van der Waals surface area contributed by atoms with E-state index in [1.807, 2.05) is 18.2 Å². The minimum Gasteiger partial charge on any atom is -0.372 e. The second kappa shape index (κ2) is 4.54. The molecule has 17 heavy (non-hydrogen) atoms. The average molecular weight is 295 g/mol. The zero-order chi connectivity index (χ0) is 11.8. The molecule has 0 spiro atoms. The van der Waals surface area contributed by atoms with Crippen LogP contribution in [0, 0.1) is 11.8 Å². The number of carbonyl (C=O) groups excluding carboxylic acids is 1. The third kappa shape index (κ3) is 2.06. The molecule has 0 aliphatic heterocycles. The Hall–Kier alpha value is -0.670. The molecular weight excluding hydrogens is 280 g/mol. The van der Waals surface area contributed by atoms with Crippen molar-refractivity contribution in [2.75, 3.05) is 0 Å². The third-order valence-electron chi connectivity index (χ3n) is 3.92. The lowest BCUT2D eigenvalue weighted by molar-refractivity contribution is -0.132. The number of fused-ring (bicyclic) bond motifs is 1. The molecule has 0 bridgehead atoms. The lowest BCUT2D eigenvalue weighted by atomic mass is 9.75. The molecule has 2 nitrogen and oxygen atoms in total. The van der Waals surface area contributed by atoms with Gasteiger partial charge in [-0.2, -0.15) is 0 Å². The Balaban J connectivity index is 1.58. The summed E-state index contributed by atoms with van der Waals surface area (Å²) >= 11 is 3.69. The highest BCUT2D eigenvalue weighted by Gasteiger charge is 2.52. The molecule has 4 atom stereocenters. The molecule has 0 radical (unpaired) electrons. The van der Waals surface area contributed by atoms with E-state index in [1.165, 1.54) is 5.56 Å². The number of ketones is 1. The summed E-state index contributed by atoms with van der Waals surface area (Å²) in [5.41, 5.74) is 1.19. The normalized spacial score (nSPS) is 35.5. The third-order valence-corrected chi connectivity index (χ3v) is 5.19. The summed E-state index contributed by atoms with van der Waals surface area (Å²) in [5.74, 6) is 1.20. The SMILES string of the molecule is O=C1C[C@H]2[C@H](Br)[C@@H](OCc3ccccc3)C[C@@H]12. The van der Waals surface area contributed by atoms with E-state index in [1.54, 1.807) is 0 Å². The van der Waals surface area contributed by atoms with Crippen molar-refractivity contribution in [3.63, 3.8) is 0 Å². The predicted molar refractivity (Wildman–Crippen MR) is 69.0 cm³/mol. The van der Waals surface area contributed by atoms with E-state index in [0.717, 1.165) is 12.8 Å². The number of halogens is 1. The van der Waals surface area contributed by atoms with E-state index < -0.39 is 0 Å². The number of hydrogen-bond donors (Lipinski definition) is 0. The van der Waals surface area contributed by atoms with Crippen molar-refractivity contribution in [2.45, 2.75) is 30.4 Å². The molecule has 0 saturated heterocycles. The van der Waals surface area contributed by atoms with Crippen LogP contribution in [-0.2, 0) is 16.1 Å². The fraction of sp³-hybridized carbons (Fsp3) is 0.500. The Morgan fingerprint density at radius 1 is 1.29 bits per heavy atom. The molecule has 0 aromatic heterocycles. The van der Waals surface area contributed by atoms with Crippen LogP contribution in [0.4, 0.5) is 0 Å². The summed E-state index contributed by atoms with van der Waals surface area (Å²) in [7, 11) is 0. The molecule has 1 aromatic rings. The molecule has 0 heterocycles. The average Bonchev–Trinajstić information content (AvgIpc) is 2.60. The van der Waals surface area contributed by atoms with Crippen LogP contribution in [0.3, 0.4) is 0 Å². The van der Waals surface area contributed by atoms with Crippen LogP contribution >= 0.6 is 15.9 Å². The van der Waals surface area contributed by atoms with E-state index in [-0.39, 0.29) is 12.0 Å². The zero-order valence-corrected chi connectivity index (χ0v) is 11.1. The van der Waals surface area contributed by atoms with Crippen LogP contribution < -0.4 is 0 Å². The van der Waals surface area contributed by atoms with Gasteiger partial charge in [-0.3, -0.25) is 4.79 Å². The number of hydrogen-bond acceptors (Lipinski definition) is 2. The van der Waals surface area contributed by atoms with Gasteiger partial charge in [-0.15, -0.1) is 0 Å². The first-order valence-electron chi connectivity index (χ1n) is 6.08. The van der Waals surface area contributed by atoms with E-state index >= 15 is 0 Å². The van der Waals surface area contributed by atoms with Crippen molar-refractivity contribution in [3.05, 3.63) is 35.9 Å². The minimum atomic E-state index is 0.191. The van der Waals surface area contributed by atoms with Gasteiger partial charge in [0.05, 0.1) is 12.7 Å². The molecule has 2 aliphatic carbocycles. The van der Waals surface area contributed by atoms with Crippen LogP contribution in [-0.4, -0.2) is 16.7 Å². The number of ether oxygens (including phenoxy) is 1. The van der Waals surface area contributed by atoms with Gasteiger partial charge in [0.15, 0.2) is 0 Å². The van der Waals surface area contributed by atoms with Crippen LogP contribution in [0.2, 0.25) is 0 Å². The molecule has 2 aliphatic rings. The fourth-order valence-electron chi connectivity index (χ4n) is 2.84. The monoisotopic (exact) mass is 294 g/mol. The number of benzene rings is 1. The predicted octanol–water partition coefficient (Wildman–Crippen LogP) is 2.94. The number of carbonyl (C=O) groups is 1. The maximum Gasteiger partial charge on any atom is 0.136 e. The van der Waals surface area contributed by atoms with Crippen LogP contribution in [0.25, 0.3) is 0 Å². The van der Waals surface area contributed by atoms with Crippen molar-refractivity contribution >= 4 is 21.7 Å². The zero-order valence-electron chi connectivity index (χ0n) is 9.51. The topological polar surface area (TPSA) is 26.3 Å². The summed E-state index contributed by atoms with van der Waals surface area (Å²) in [6.07, 6.45) is 1.83. The summed E-state index contributed by atoms with van der Waals surface area (Å²) in [4.78, 5) is 11.8. The number of Topliss-reactive ketones (excluding diaryl/α,β-unsaturated/α-hetero) is 1. The molecule has 0 unspecified atom stereocenters. The second-order valence-corrected chi connectivity index (χ2v) is 6.01. The lowest BCUT2D eigenvalue weighted by Crippen LogP contribution is -2.36. The first kappa shape index (κ1) is 11.4. The van der Waals surface area contributed by atoms with Crippen LogP contribution in [0.1, 0.15) is 18.4 Å². The van der Waals surface area contributed by atoms with Gasteiger partial charge in [-0.05, 0) is 17.9 Å². The first-order valence-corrected chi connectivity index (χ1v) is 6.99. The Labute approximate surface area is 109 Å². The summed E-state index contributed by atoms with van der Waals surface area (Å²) in [6.45, 7) is 0.640. The van der Waals surface area contributed by atoms with Gasteiger partial charge in [0, 0.05) is 17.2 Å². The molecule has 3 heteroatoms. The second-order valence-electron chi connectivity index (χ2n) is 4.96. The molecule has 2 saturated carbocycles. The summed E-state index contributed by atoms with van der Waals surface area (Å²) in [6, 6.07) is 10.2. The minimum absolute atomic E-state index is 0.191. The lowest BCUT2D eigenvalue weighted by Gasteiger charge is -2.29. The Morgan fingerprint density at radius 2 is 2.06 bits per heavy atom. The van der Waals surface area contributed by atoms with E-state index in [2.05, 4.69) is 28.1 Å². The highest BCUT2D eigenvalue weighted by atomic mass is 79.9. The van der Waals surface area contributed by atoms with Crippen LogP contribution in [0.5, 0.6) is 0 Å². The Kier molecular flexibility index (Phi) is 3.05. The molecule has 2 fully saturated rings. The molecule has 90 valence electrons. The number of alkyl halides is 1. The van der Waals surface area contributed by atoms with Gasteiger partial charge < -0.3 is 4.74 Å². The highest BCUT2D eigenvalue weighted by molar-refractivity contribution is 9.09. The smallest absolute Gasteiger partial charge is 0.136 e. The van der Waals surface area contributed by atoms with Crippen molar-refractivity contribution in [1.82, 2.24) is 0 Å². The highest BCUT2D eigenvalue weighted by Crippen LogP contribution is 2.48. The van der Waals surface area contributed by atoms with Crippen molar-refractivity contribution in [1.29, 1.82) is 0 Å².